The van der Waals surface area contributed by atoms with Crippen LogP contribution in [0.25, 0.3) is 0 Å². The molecule has 2 aromatic heterocycles. The third-order valence-electron chi connectivity index (χ3n) is 4.63. The maximum atomic E-state index is 12.9. The summed E-state index contributed by atoms with van der Waals surface area (Å²) in [7, 11) is 1.59. The van der Waals surface area contributed by atoms with Gasteiger partial charge in [-0.3, -0.25) is 14.6 Å². The minimum atomic E-state index is -0.169. The van der Waals surface area contributed by atoms with Crippen molar-refractivity contribution in [3.8, 4) is 0 Å². The molecule has 3 heterocycles. The van der Waals surface area contributed by atoms with E-state index in [9.17, 15) is 9.59 Å². The van der Waals surface area contributed by atoms with Gasteiger partial charge in [-0.15, -0.1) is 0 Å². The Morgan fingerprint density at radius 3 is 2.89 bits per heavy atom. The summed E-state index contributed by atoms with van der Waals surface area (Å²) < 4.78 is 6.95. The van der Waals surface area contributed by atoms with Crippen LogP contribution in [0.1, 0.15) is 40.4 Å². The first-order valence-corrected chi connectivity index (χ1v) is 9.03. The fourth-order valence-electron chi connectivity index (χ4n) is 3.27. The van der Waals surface area contributed by atoms with E-state index in [0.29, 0.717) is 37.5 Å². The summed E-state index contributed by atoms with van der Waals surface area (Å²) in [6.45, 7) is 6.08. The zero-order valence-corrected chi connectivity index (χ0v) is 15.9. The molecule has 0 aromatic carbocycles. The van der Waals surface area contributed by atoms with Crippen molar-refractivity contribution in [2.75, 3.05) is 26.8 Å². The molecule has 3 rings (SSSR count). The standard InChI is InChI=1S/C19H25N5O3/c1-13-8-15(11-20-10-13)19(26)24-6-5-23-12-16(22-18(23)14(24)2)9-17(25)21-4-7-27-3/h8,10-12,14H,4-7,9H2,1-3H3,(H,21,25)/t14-/m1/s1. The Labute approximate surface area is 158 Å². The van der Waals surface area contributed by atoms with Crippen molar-refractivity contribution in [3.05, 3.63) is 47.3 Å². The van der Waals surface area contributed by atoms with E-state index in [1.54, 1.807) is 24.4 Å². The molecule has 8 nitrogen and oxygen atoms in total. The minimum absolute atomic E-state index is 0.0493. The molecule has 2 amide bonds. The van der Waals surface area contributed by atoms with Gasteiger partial charge in [0.15, 0.2) is 0 Å². The number of nitrogens with one attached hydrogen (secondary N) is 1. The van der Waals surface area contributed by atoms with Crippen LogP contribution in [-0.4, -0.2) is 58.1 Å². The fraction of sp³-hybridized carbons (Fsp3) is 0.474. The topological polar surface area (TPSA) is 89.4 Å². The van der Waals surface area contributed by atoms with Gasteiger partial charge in [-0.25, -0.2) is 4.98 Å². The number of hydrogen-bond donors (Lipinski definition) is 1. The monoisotopic (exact) mass is 371 g/mol. The Hall–Kier alpha value is -2.74. The quantitative estimate of drug-likeness (QED) is 0.769. The molecule has 8 heteroatoms. The first-order chi connectivity index (χ1) is 13.0. The van der Waals surface area contributed by atoms with Crippen molar-refractivity contribution in [2.24, 2.45) is 0 Å². The van der Waals surface area contributed by atoms with Gasteiger partial charge in [0.05, 0.1) is 30.3 Å². The zero-order valence-electron chi connectivity index (χ0n) is 15.9. The summed E-state index contributed by atoms with van der Waals surface area (Å²) >= 11 is 0. The number of aromatic nitrogens is 3. The molecule has 0 bridgehead atoms. The molecule has 1 aliphatic rings. The van der Waals surface area contributed by atoms with Crippen molar-refractivity contribution in [1.82, 2.24) is 24.8 Å². The molecular weight excluding hydrogens is 346 g/mol. The summed E-state index contributed by atoms with van der Waals surface area (Å²) in [5.74, 6) is 0.663. The summed E-state index contributed by atoms with van der Waals surface area (Å²) in [5, 5.41) is 2.79. The largest absolute Gasteiger partial charge is 0.383 e. The number of ether oxygens (including phenoxy) is 1. The predicted molar refractivity (Wildman–Crippen MR) is 99.2 cm³/mol. The van der Waals surface area contributed by atoms with Crippen molar-refractivity contribution >= 4 is 11.8 Å². The molecule has 144 valence electrons. The van der Waals surface area contributed by atoms with Gasteiger partial charge in [0.25, 0.3) is 5.91 Å². The highest BCUT2D eigenvalue weighted by Crippen LogP contribution is 2.26. The lowest BCUT2D eigenvalue weighted by Crippen LogP contribution is -2.41. The van der Waals surface area contributed by atoms with E-state index in [1.807, 2.05) is 30.7 Å². The average Bonchev–Trinajstić information content (AvgIpc) is 3.05. The Morgan fingerprint density at radius 1 is 1.33 bits per heavy atom. The van der Waals surface area contributed by atoms with Gasteiger partial charge in [0.1, 0.15) is 5.82 Å². The SMILES string of the molecule is COCCNC(=O)Cc1cn2c(n1)[C@@H](C)N(C(=O)c1cncc(C)c1)CC2. The number of methoxy groups -OCH3 is 1. The molecule has 0 aliphatic carbocycles. The Bertz CT molecular complexity index is 833. The van der Waals surface area contributed by atoms with Crippen molar-refractivity contribution < 1.29 is 14.3 Å². The third-order valence-corrected chi connectivity index (χ3v) is 4.63. The molecule has 2 aromatic rings. The summed E-state index contributed by atoms with van der Waals surface area (Å²) in [6, 6.07) is 1.68. The van der Waals surface area contributed by atoms with Crippen LogP contribution in [0.5, 0.6) is 0 Å². The zero-order chi connectivity index (χ0) is 19.4. The number of carbonyl (C=O) groups is 2. The molecule has 27 heavy (non-hydrogen) atoms. The van der Waals surface area contributed by atoms with E-state index in [-0.39, 0.29) is 24.3 Å². The van der Waals surface area contributed by atoms with Crippen LogP contribution >= 0.6 is 0 Å². The highest BCUT2D eigenvalue weighted by Gasteiger charge is 2.30. The van der Waals surface area contributed by atoms with E-state index in [2.05, 4.69) is 15.3 Å². The second-order valence-electron chi connectivity index (χ2n) is 6.73. The number of imidazole rings is 1. The molecule has 0 fully saturated rings. The molecule has 0 saturated carbocycles. The molecule has 0 spiro atoms. The van der Waals surface area contributed by atoms with Crippen LogP contribution in [0.3, 0.4) is 0 Å². The van der Waals surface area contributed by atoms with Gasteiger partial charge in [-0.2, -0.15) is 0 Å². The Balaban J connectivity index is 1.70. The van der Waals surface area contributed by atoms with Crippen molar-refractivity contribution in [1.29, 1.82) is 0 Å². The van der Waals surface area contributed by atoms with Crippen LogP contribution in [-0.2, 0) is 22.5 Å². The van der Waals surface area contributed by atoms with Gasteiger partial charge < -0.3 is 19.5 Å². The number of nitrogens with zero attached hydrogens (tertiary/aromatic N) is 4. The lowest BCUT2D eigenvalue weighted by atomic mass is 10.1. The van der Waals surface area contributed by atoms with Gasteiger partial charge in [0, 0.05) is 45.3 Å². The number of carbonyl (C=O) groups excluding carboxylic acids is 2. The molecule has 1 N–H and O–H groups in total. The van der Waals surface area contributed by atoms with Crippen LogP contribution < -0.4 is 5.32 Å². The number of hydrogen-bond acceptors (Lipinski definition) is 5. The van der Waals surface area contributed by atoms with Crippen LogP contribution in [0.15, 0.2) is 24.7 Å². The van der Waals surface area contributed by atoms with Gasteiger partial charge in [0.2, 0.25) is 5.91 Å². The molecule has 1 aliphatic heterocycles. The van der Waals surface area contributed by atoms with E-state index in [4.69, 9.17) is 4.74 Å². The van der Waals surface area contributed by atoms with Gasteiger partial charge in [-0.1, -0.05) is 0 Å². The van der Waals surface area contributed by atoms with E-state index in [1.165, 1.54) is 0 Å². The number of amides is 2. The lowest BCUT2D eigenvalue weighted by Gasteiger charge is -2.33. The maximum Gasteiger partial charge on any atom is 0.256 e. The Morgan fingerprint density at radius 2 is 2.15 bits per heavy atom. The second kappa shape index (κ2) is 8.30. The molecule has 0 saturated heterocycles. The van der Waals surface area contributed by atoms with Crippen LogP contribution in [0.2, 0.25) is 0 Å². The van der Waals surface area contributed by atoms with Crippen LogP contribution in [0.4, 0.5) is 0 Å². The van der Waals surface area contributed by atoms with Crippen LogP contribution in [0, 0.1) is 6.92 Å². The number of pyridine rings is 1. The van der Waals surface area contributed by atoms with E-state index >= 15 is 0 Å². The van der Waals surface area contributed by atoms with E-state index in [0.717, 1.165) is 11.4 Å². The number of rotatable bonds is 6. The molecule has 0 radical (unpaired) electrons. The van der Waals surface area contributed by atoms with Gasteiger partial charge in [-0.05, 0) is 25.5 Å². The summed E-state index contributed by atoms with van der Waals surface area (Å²) in [6.07, 6.45) is 5.44. The molecule has 0 unspecified atom stereocenters. The summed E-state index contributed by atoms with van der Waals surface area (Å²) in [4.78, 5) is 35.4. The maximum absolute atomic E-state index is 12.9. The first-order valence-electron chi connectivity index (χ1n) is 9.03. The van der Waals surface area contributed by atoms with Gasteiger partial charge >= 0.3 is 0 Å². The first kappa shape index (κ1) is 19.0. The molecular formula is C19H25N5O3. The number of aryl methyl sites for hydroxylation is 1. The highest BCUT2D eigenvalue weighted by molar-refractivity contribution is 5.94. The normalized spacial score (nSPS) is 16.1. The smallest absolute Gasteiger partial charge is 0.256 e. The number of fused-ring (bicyclic) bond motifs is 1. The Kier molecular flexibility index (Phi) is 5.85. The predicted octanol–water partition coefficient (Wildman–Crippen LogP) is 1.11. The van der Waals surface area contributed by atoms with Crippen molar-refractivity contribution in [2.45, 2.75) is 32.9 Å². The summed E-state index contributed by atoms with van der Waals surface area (Å²) in [5.41, 5.74) is 2.24. The van der Waals surface area contributed by atoms with E-state index < -0.39 is 0 Å². The third kappa shape index (κ3) is 4.33. The fourth-order valence-corrected chi connectivity index (χ4v) is 3.27. The van der Waals surface area contributed by atoms with Crippen molar-refractivity contribution in [3.63, 3.8) is 0 Å². The average molecular weight is 371 g/mol. The second-order valence-corrected chi connectivity index (χ2v) is 6.73. The molecule has 1 atom stereocenters. The highest BCUT2D eigenvalue weighted by atomic mass is 16.5. The lowest BCUT2D eigenvalue weighted by molar-refractivity contribution is -0.120. The minimum Gasteiger partial charge on any atom is -0.383 e.